The molecule has 2 aliphatic rings. The first-order chi connectivity index (χ1) is 4.22. The second-order valence-electron chi connectivity index (χ2n) is 3.50. The molecular weight excluding hydrogens is 110 g/mol. The van der Waals surface area contributed by atoms with Crippen molar-refractivity contribution in [3.05, 3.63) is 11.8 Å². The number of allylic oxidation sites excluding steroid dienone is 2. The van der Waals surface area contributed by atoms with Crippen LogP contribution < -0.4 is 5.73 Å². The molecule has 2 atom stereocenters. The third-order valence-electron chi connectivity index (χ3n) is 2.72. The molecule has 0 bridgehead atoms. The van der Waals surface area contributed by atoms with Gasteiger partial charge in [0.15, 0.2) is 0 Å². The monoisotopic (exact) mass is 123 g/mol. The minimum atomic E-state index is 0.880. The van der Waals surface area contributed by atoms with E-state index >= 15 is 0 Å². The SMILES string of the molecule is C/C(N)=C\C1C2C(C)C12. The summed E-state index contributed by atoms with van der Waals surface area (Å²) in [7, 11) is 0. The van der Waals surface area contributed by atoms with Crippen LogP contribution >= 0.6 is 0 Å². The van der Waals surface area contributed by atoms with E-state index in [1.54, 1.807) is 0 Å². The number of rotatable bonds is 1. The first-order valence-electron chi connectivity index (χ1n) is 3.65. The molecule has 0 aromatic carbocycles. The summed E-state index contributed by atoms with van der Waals surface area (Å²) in [5.41, 5.74) is 6.52. The van der Waals surface area contributed by atoms with E-state index in [0.717, 1.165) is 29.4 Å². The number of fused-ring (bicyclic) bond motifs is 1. The van der Waals surface area contributed by atoms with Crippen molar-refractivity contribution in [2.24, 2.45) is 29.4 Å². The molecule has 50 valence electrons. The molecule has 2 unspecified atom stereocenters. The Morgan fingerprint density at radius 2 is 2.00 bits per heavy atom. The summed E-state index contributed by atoms with van der Waals surface area (Å²) >= 11 is 0. The van der Waals surface area contributed by atoms with E-state index in [1.165, 1.54) is 0 Å². The lowest BCUT2D eigenvalue weighted by Gasteiger charge is -2.00. The highest BCUT2D eigenvalue weighted by Crippen LogP contribution is 2.73. The fraction of sp³-hybridized carbons (Fsp3) is 0.750. The zero-order valence-corrected chi connectivity index (χ0v) is 5.96. The van der Waals surface area contributed by atoms with Crippen LogP contribution in [0, 0.1) is 23.7 Å². The minimum Gasteiger partial charge on any atom is -0.403 e. The number of nitrogens with two attached hydrogens (primary N) is 1. The van der Waals surface area contributed by atoms with Crippen LogP contribution in [0.5, 0.6) is 0 Å². The van der Waals surface area contributed by atoms with Gasteiger partial charge in [0.25, 0.3) is 0 Å². The molecule has 9 heavy (non-hydrogen) atoms. The van der Waals surface area contributed by atoms with Crippen molar-refractivity contribution >= 4 is 0 Å². The van der Waals surface area contributed by atoms with E-state index in [-0.39, 0.29) is 0 Å². The van der Waals surface area contributed by atoms with Gasteiger partial charge in [-0.15, -0.1) is 0 Å². The van der Waals surface area contributed by atoms with Crippen LogP contribution in [0.2, 0.25) is 0 Å². The maximum atomic E-state index is 5.52. The highest BCUT2D eigenvalue weighted by atomic mass is 14.7. The summed E-state index contributed by atoms with van der Waals surface area (Å²) in [6.45, 7) is 4.30. The predicted molar refractivity (Wildman–Crippen MR) is 37.6 cm³/mol. The van der Waals surface area contributed by atoms with Gasteiger partial charge in [-0.1, -0.05) is 13.0 Å². The van der Waals surface area contributed by atoms with Crippen LogP contribution in [-0.2, 0) is 0 Å². The highest BCUT2D eigenvalue weighted by Gasteiger charge is 2.69. The van der Waals surface area contributed by atoms with E-state index in [9.17, 15) is 0 Å². The Labute approximate surface area is 55.9 Å². The number of hydrogen-bond donors (Lipinski definition) is 1. The molecule has 0 radical (unpaired) electrons. The summed E-state index contributed by atoms with van der Waals surface area (Å²) in [6.07, 6.45) is 2.22. The second-order valence-corrected chi connectivity index (χ2v) is 3.50. The van der Waals surface area contributed by atoms with Crippen LogP contribution in [0.15, 0.2) is 11.8 Å². The molecule has 0 aromatic heterocycles. The molecule has 0 saturated heterocycles. The minimum absolute atomic E-state index is 0.880. The zero-order valence-electron chi connectivity index (χ0n) is 5.96. The topological polar surface area (TPSA) is 26.0 Å². The fourth-order valence-electron chi connectivity index (χ4n) is 1.99. The molecule has 2 N–H and O–H groups in total. The van der Waals surface area contributed by atoms with Gasteiger partial charge < -0.3 is 5.73 Å². The number of hydrogen-bond acceptors (Lipinski definition) is 1. The lowest BCUT2D eigenvalue weighted by Crippen LogP contribution is -1.97. The zero-order chi connectivity index (χ0) is 6.59. The lowest BCUT2D eigenvalue weighted by atomic mass is 10.1. The molecule has 0 aromatic rings. The molecule has 2 saturated carbocycles. The van der Waals surface area contributed by atoms with Crippen molar-refractivity contribution in [3.63, 3.8) is 0 Å². The van der Waals surface area contributed by atoms with E-state index in [4.69, 9.17) is 5.73 Å². The Hall–Kier alpha value is -0.460. The summed E-state index contributed by atoms with van der Waals surface area (Å²) in [5, 5.41) is 0. The van der Waals surface area contributed by atoms with Crippen LogP contribution in [-0.4, -0.2) is 0 Å². The predicted octanol–water partition coefficient (Wildman–Crippen LogP) is 1.36. The quantitative estimate of drug-likeness (QED) is 0.559. The Morgan fingerprint density at radius 1 is 1.44 bits per heavy atom. The maximum Gasteiger partial charge on any atom is 0.00114 e. The van der Waals surface area contributed by atoms with Gasteiger partial charge in [-0.25, -0.2) is 0 Å². The third kappa shape index (κ3) is 0.606. The molecule has 1 nitrogen and oxygen atoms in total. The second kappa shape index (κ2) is 1.34. The molecule has 2 aliphatic carbocycles. The molecule has 0 amide bonds. The van der Waals surface area contributed by atoms with Crippen LogP contribution in [0.3, 0.4) is 0 Å². The smallest absolute Gasteiger partial charge is 0.00114 e. The van der Waals surface area contributed by atoms with Crippen molar-refractivity contribution in [3.8, 4) is 0 Å². The van der Waals surface area contributed by atoms with Crippen molar-refractivity contribution < 1.29 is 0 Å². The summed E-state index contributed by atoms with van der Waals surface area (Å²) in [5.74, 6) is 3.96. The summed E-state index contributed by atoms with van der Waals surface area (Å²) in [6, 6.07) is 0. The van der Waals surface area contributed by atoms with Gasteiger partial charge in [-0.3, -0.25) is 0 Å². The van der Waals surface area contributed by atoms with Gasteiger partial charge in [0.1, 0.15) is 0 Å². The molecular formula is C8H13N. The molecule has 0 spiro atoms. The lowest BCUT2D eigenvalue weighted by molar-refractivity contribution is 0.580. The van der Waals surface area contributed by atoms with Crippen LogP contribution in [0.25, 0.3) is 0 Å². The van der Waals surface area contributed by atoms with Crippen molar-refractivity contribution in [2.75, 3.05) is 0 Å². The largest absolute Gasteiger partial charge is 0.403 e. The van der Waals surface area contributed by atoms with Gasteiger partial charge in [-0.05, 0) is 30.6 Å². The summed E-state index contributed by atoms with van der Waals surface area (Å²) < 4.78 is 0. The van der Waals surface area contributed by atoms with Crippen molar-refractivity contribution in [2.45, 2.75) is 13.8 Å². The van der Waals surface area contributed by atoms with E-state index in [1.807, 2.05) is 6.92 Å². The third-order valence-corrected chi connectivity index (χ3v) is 2.72. The molecule has 2 rings (SSSR count). The highest BCUT2D eigenvalue weighted by molar-refractivity contribution is 5.25. The van der Waals surface area contributed by atoms with Crippen molar-refractivity contribution in [1.82, 2.24) is 0 Å². The Kier molecular flexibility index (Phi) is 0.792. The average Bonchev–Trinajstić information content (AvgIpc) is 2.55. The van der Waals surface area contributed by atoms with Gasteiger partial charge >= 0.3 is 0 Å². The van der Waals surface area contributed by atoms with E-state index < -0.39 is 0 Å². The van der Waals surface area contributed by atoms with E-state index in [0.29, 0.717) is 0 Å². The Morgan fingerprint density at radius 3 is 2.33 bits per heavy atom. The standard InChI is InChI=1S/C8H13N/c1-4(9)3-6-7-5(2)8(6)7/h3,5-8H,9H2,1-2H3/b4-3+. The summed E-state index contributed by atoms with van der Waals surface area (Å²) in [4.78, 5) is 0. The molecule has 0 heterocycles. The van der Waals surface area contributed by atoms with Gasteiger partial charge in [-0.2, -0.15) is 0 Å². The average molecular weight is 123 g/mol. The normalized spacial score (nSPS) is 54.7. The molecule has 2 fully saturated rings. The van der Waals surface area contributed by atoms with Gasteiger partial charge in [0.05, 0.1) is 0 Å². The van der Waals surface area contributed by atoms with Crippen LogP contribution in [0.4, 0.5) is 0 Å². The first kappa shape index (κ1) is 5.33. The Balaban J connectivity index is 1.89. The maximum absolute atomic E-state index is 5.52. The first-order valence-corrected chi connectivity index (χ1v) is 3.65. The van der Waals surface area contributed by atoms with E-state index in [2.05, 4.69) is 13.0 Å². The van der Waals surface area contributed by atoms with Crippen LogP contribution in [0.1, 0.15) is 13.8 Å². The Bertz CT molecular complexity index is 157. The molecule has 1 heteroatoms. The molecule has 0 aliphatic heterocycles. The van der Waals surface area contributed by atoms with Crippen molar-refractivity contribution in [1.29, 1.82) is 0 Å². The fourth-order valence-corrected chi connectivity index (χ4v) is 1.99. The van der Waals surface area contributed by atoms with Gasteiger partial charge in [0, 0.05) is 5.70 Å². The van der Waals surface area contributed by atoms with Gasteiger partial charge in [0.2, 0.25) is 0 Å².